The molecule has 0 aliphatic heterocycles. The number of esters is 1. The molecule has 4 rings (SSSR count). The Morgan fingerprint density at radius 1 is 1.36 bits per heavy atom. The van der Waals surface area contributed by atoms with E-state index in [9.17, 15) is 4.79 Å². The topological polar surface area (TPSA) is 83.7 Å². The first kappa shape index (κ1) is 13.0. The van der Waals surface area contributed by atoms with Crippen LogP contribution in [0.1, 0.15) is 17.4 Å². The van der Waals surface area contributed by atoms with Gasteiger partial charge in [0.05, 0.1) is 23.5 Å². The third-order valence-corrected chi connectivity index (χ3v) is 4.09. The summed E-state index contributed by atoms with van der Waals surface area (Å²) in [6, 6.07) is 7.61. The van der Waals surface area contributed by atoms with Gasteiger partial charge in [-0.15, -0.1) is 0 Å². The van der Waals surface area contributed by atoms with Gasteiger partial charge in [-0.1, -0.05) is 0 Å². The van der Waals surface area contributed by atoms with Crippen molar-refractivity contribution >= 4 is 39.5 Å². The molecule has 0 unspecified atom stereocenters. The van der Waals surface area contributed by atoms with Crippen LogP contribution in [0.5, 0.6) is 0 Å². The van der Waals surface area contributed by atoms with Crippen molar-refractivity contribution < 1.29 is 9.53 Å². The van der Waals surface area contributed by atoms with Gasteiger partial charge in [-0.25, -0.2) is 9.78 Å². The molecule has 0 aliphatic rings. The predicted octanol–water partition coefficient (Wildman–Crippen LogP) is 3.34. The van der Waals surface area contributed by atoms with E-state index in [1.54, 1.807) is 6.92 Å². The molecule has 0 spiro atoms. The second kappa shape index (κ2) is 4.96. The van der Waals surface area contributed by atoms with Crippen molar-refractivity contribution in [1.29, 1.82) is 0 Å². The Labute approximate surface area is 129 Å². The quantitative estimate of drug-likeness (QED) is 0.568. The summed E-state index contributed by atoms with van der Waals surface area (Å²) in [5.74, 6) is -0.413. The summed E-state index contributed by atoms with van der Waals surface area (Å²) in [4.78, 5) is 19.9. The standard InChI is InChI=1S/C15H12N4O2S/c1-2-21-15(20)12-8-5-6-10-14(19-22-18-10)11(8)13(17-12)9-4-3-7-16-9/h3-7,16,18H,2H2,1H3. The van der Waals surface area contributed by atoms with Crippen LogP contribution in [0.4, 0.5) is 0 Å². The minimum absolute atomic E-state index is 0.317. The maximum atomic E-state index is 12.2. The van der Waals surface area contributed by atoms with E-state index in [0.29, 0.717) is 18.0 Å². The Morgan fingerprint density at radius 3 is 3.05 bits per heavy atom. The van der Waals surface area contributed by atoms with E-state index in [2.05, 4.69) is 18.7 Å². The van der Waals surface area contributed by atoms with Crippen LogP contribution >= 0.6 is 11.7 Å². The van der Waals surface area contributed by atoms with Gasteiger partial charge in [0.1, 0.15) is 5.52 Å². The fourth-order valence-electron chi connectivity index (χ4n) is 2.58. The summed E-state index contributed by atoms with van der Waals surface area (Å²) in [7, 11) is 0. The van der Waals surface area contributed by atoms with Crippen LogP contribution < -0.4 is 0 Å². The summed E-state index contributed by atoms with van der Waals surface area (Å²) in [6.07, 6.45) is 1.83. The lowest BCUT2D eigenvalue weighted by molar-refractivity contribution is 0.0522. The van der Waals surface area contributed by atoms with Gasteiger partial charge in [-0.2, -0.15) is 4.37 Å². The molecule has 2 N–H and O–H groups in total. The molecule has 0 bridgehead atoms. The van der Waals surface area contributed by atoms with Gasteiger partial charge in [-0.3, -0.25) is 4.37 Å². The van der Waals surface area contributed by atoms with E-state index in [4.69, 9.17) is 4.74 Å². The molecular weight excluding hydrogens is 300 g/mol. The molecule has 0 saturated heterocycles. The first-order valence-corrected chi connectivity index (χ1v) is 7.64. The molecule has 4 aromatic rings. The van der Waals surface area contributed by atoms with Crippen LogP contribution in [-0.2, 0) is 4.74 Å². The molecule has 110 valence electrons. The van der Waals surface area contributed by atoms with Crippen molar-refractivity contribution in [3.63, 3.8) is 0 Å². The molecule has 0 aliphatic carbocycles. The van der Waals surface area contributed by atoms with Crippen molar-refractivity contribution in [3.05, 3.63) is 36.2 Å². The number of carbonyl (C=O) groups excluding carboxylic acids is 1. The van der Waals surface area contributed by atoms with Crippen LogP contribution in [0, 0.1) is 0 Å². The molecule has 0 saturated carbocycles. The SMILES string of the molecule is CCOC(=O)c1nc(-c2ccc[nH]2)c2c1ccc1[nH]snc12. The molecule has 7 heteroatoms. The zero-order valence-electron chi connectivity index (χ0n) is 11.7. The molecule has 3 aromatic heterocycles. The fraction of sp³-hybridized carbons (Fsp3) is 0.133. The minimum atomic E-state index is -0.413. The monoisotopic (exact) mass is 312 g/mol. The Morgan fingerprint density at radius 2 is 2.27 bits per heavy atom. The van der Waals surface area contributed by atoms with E-state index in [0.717, 1.165) is 27.5 Å². The van der Waals surface area contributed by atoms with Gasteiger partial charge in [-0.05, 0) is 31.2 Å². The molecular formula is C15H12N4O2S. The highest BCUT2D eigenvalue weighted by atomic mass is 32.1. The predicted molar refractivity (Wildman–Crippen MR) is 85.0 cm³/mol. The van der Waals surface area contributed by atoms with E-state index in [-0.39, 0.29) is 0 Å². The second-order valence-corrected chi connectivity index (χ2v) is 5.35. The van der Waals surface area contributed by atoms with Gasteiger partial charge in [0.2, 0.25) is 0 Å². The molecule has 1 aromatic carbocycles. The lowest BCUT2D eigenvalue weighted by Crippen LogP contribution is -2.05. The Kier molecular flexibility index (Phi) is 2.93. The number of H-pyrrole nitrogens is 2. The Balaban J connectivity index is 2.09. The van der Waals surface area contributed by atoms with Gasteiger partial charge in [0.25, 0.3) is 0 Å². The number of aromatic nitrogens is 4. The minimum Gasteiger partial charge on any atom is -0.461 e. The average molecular weight is 312 g/mol. The molecule has 22 heavy (non-hydrogen) atoms. The lowest BCUT2D eigenvalue weighted by atomic mass is 10.1. The van der Waals surface area contributed by atoms with Gasteiger partial charge < -0.3 is 9.72 Å². The fourth-order valence-corrected chi connectivity index (χ4v) is 3.17. The number of benzene rings is 1. The average Bonchev–Trinajstić information content (AvgIpc) is 3.24. The molecule has 3 heterocycles. The Hall–Kier alpha value is -2.67. The summed E-state index contributed by atoms with van der Waals surface area (Å²) in [5.41, 5.74) is 3.63. The van der Waals surface area contributed by atoms with E-state index in [1.165, 1.54) is 11.7 Å². The van der Waals surface area contributed by atoms with Crippen molar-refractivity contribution in [1.82, 2.24) is 18.7 Å². The number of fused-ring (bicyclic) bond motifs is 3. The first-order chi connectivity index (χ1) is 10.8. The van der Waals surface area contributed by atoms with Gasteiger partial charge in [0.15, 0.2) is 5.69 Å². The molecule has 0 radical (unpaired) electrons. The second-order valence-electron chi connectivity index (χ2n) is 4.78. The van der Waals surface area contributed by atoms with E-state index < -0.39 is 5.97 Å². The zero-order valence-corrected chi connectivity index (χ0v) is 12.5. The molecule has 6 nitrogen and oxygen atoms in total. The van der Waals surface area contributed by atoms with Gasteiger partial charge in [0, 0.05) is 28.7 Å². The number of nitrogens with zero attached hydrogens (tertiary/aromatic N) is 2. The third-order valence-electron chi connectivity index (χ3n) is 3.51. The number of hydrogen-bond donors (Lipinski definition) is 2. The zero-order chi connectivity index (χ0) is 15.1. The maximum Gasteiger partial charge on any atom is 0.357 e. The van der Waals surface area contributed by atoms with Crippen LogP contribution in [0.25, 0.3) is 33.2 Å². The highest BCUT2D eigenvalue weighted by Gasteiger charge is 2.22. The smallest absolute Gasteiger partial charge is 0.357 e. The summed E-state index contributed by atoms with van der Waals surface area (Å²) in [6.45, 7) is 2.10. The van der Waals surface area contributed by atoms with Crippen LogP contribution in [0.15, 0.2) is 30.5 Å². The van der Waals surface area contributed by atoms with Crippen LogP contribution in [0.2, 0.25) is 0 Å². The number of aromatic amines is 2. The highest BCUT2D eigenvalue weighted by molar-refractivity contribution is 7.00. The number of ether oxygens (including phenoxy) is 1. The lowest BCUT2D eigenvalue weighted by Gasteiger charge is -1.98. The number of carbonyl (C=O) groups is 1. The van der Waals surface area contributed by atoms with Crippen molar-refractivity contribution in [2.75, 3.05) is 6.61 Å². The first-order valence-electron chi connectivity index (χ1n) is 6.87. The van der Waals surface area contributed by atoms with Crippen molar-refractivity contribution in [2.45, 2.75) is 6.92 Å². The van der Waals surface area contributed by atoms with Gasteiger partial charge >= 0.3 is 5.97 Å². The summed E-state index contributed by atoms with van der Waals surface area (Å²) in [5, 5.41) is 1.62. The van der Waals surface area contributed by atoms with Crippen LogP contribution in [-0.4, -0.2) is 31.3 Å². The molecule has 0 fully saturated rings. The number of hydrogen-bond acceptors (Lipinski definition) is 5. The van der Waals surface area contributed by atoms with Crippen molar-refractivity contribution in [3.8, 4) is 11.4 Å². The maximum absolute atomic E-state index is 12.2. The number of nitrogens with one attached hydrogen (secondary N) is 2. The van der Waals surface area contributed by atoms with E-state index >= 15 is 0 Å². The van der Waals surface area contributed by atoms with Crippen LogP contribution in [0.3, 0.4) is 0 Å². The van der Waals surface area contributed by atoms with Crippen molar-refractivity contribution in [2.24, 2.45) is 0 Å². The summed E-state index contributed by atoms with van der Waals surface area (Å²) < 4.78 is 12.7. The molecule has 0 amide bonds. The summed E-state index contributed by atoms with van der Waals surface area (Å²) >= 11 is 1.27. The normalized spacial score (nSPS) is 11.3. The largest absolute Gasteiger partial charge is 0.461 e. The number of rotatable bonds is 3. The Bertz CT molecular complexity index is 968. The third kappa shape index (κ3) is 1.82. The molecule has 0 atom stereocenters. The van der Waals surface area contributed by atoms with E-state index in [1.807, 2.05) is 30.5 Å². The highest BCUT2D eigenvalue weighted by Crippen LogP contribution is 2.35.